The van der Waals surface area contributed by atoms with Gasteiger partial charge in [0.15, 0.2) is 11.7 Å². The molecular weight excluding hydrogens is 486 g/mol. The first-order chi connectivity index (χ1) is 14.9. The molecule has 0 heterocycles. The number of hydrogen-bond acceptors (Lipinski definition) is 6. The molecule has 0 aliphatic rings. The van der Waals surface area contributed by atoms with Crippen LogP contribution in [0.2, 0.25) is 0 Å². The quantitative estimate of drug-likeness (QED) is 0.271. The van der Waals surface area contributed by atoms with Crippen LogP contribution < -0.4 is 30.4 Å². The third-order valence-electron chi connectivity index (χ3n) is 3.92. The van der Waals surface area contributed by atoms with Crippen molar-refractivity contribution in [3.8, 4) is 17.2 Å². The predicted octanol–water partition coefficient (Wildman–Crippen LogP) is 3.35. The number of benzene rings is 2. The molecule has 0 saturated carbocycles. The highest BCUT2D eigenvalue weighted by molar-refractivity contribution is 9.10. The molecule has 0 aliphatic carbocycles. The third-order valence-corrected chi connectivity index (χ3v) is 4.75. The summed E-state index contributed by atoms with van der Waals surface area (Å²) in [6, 6.07) is 11.8. The zero-order valence-corrected chi connectivity index (χ0v) is 19.6. The zero-order valence-electron chi connectivity index (χ0n) is 17.2. The Balaban J connectivity index is 1.75. The summed E-state index contributed by atoms with van der Waals surface area (Å²) in [7, 11) is 1.56. The molecule has 0 aliphatic heterocycles. The molecule has 166 valence electrons. The molecule has 10 heteroatoms. The summed E-state index contributed by atoms with van der Waals surface area (Å²) in [5.74, 6) is 0.963. The van der Waals surface area contributed by atoms with E-state index in [9.17, 15) is 9.59 Å². The molecule has 2 aromatic carbocycles. The van der Waals surface area contributed by atoms with E-state index in [0.29, 0.717) is 33.9 Å². The van der Waals surface area contributed by atoms with Gasteiger partial charge in [0.25, 0.3) is 11.8 Å². The van der Waals surface area contributed by atoms with Gasteiger partial charge in [0.2, 0.25) is 0 Å². The lowest BCUT2D eigenvalue weighted by atomic mass is 10.2. The van der Waals surface area contributed by atoms with Crippen LogP contribution in [0.4, 0.5) is 0 Å². The second-order valence-corrected chi connectivity index (χ2v) is 7.53. The Morgan fingerprint density at radius 1 is 1.03 bits per heavy atom. The van der Waals surface area contributed by atoms with E-state index < -0.39 is 11.8 Å². The van der Waals surface area contributed by atoms with E-state index in [1.54, 1.807) is 49.6 Å². The van der Waals surface area contributed by atoms with E-state index in [-0.39, 0.29) is 11.7 Å². The monoisotopic (exact) mass is 509 g/mol. The molecule has 8 nitrogen and oxygen atoms in total. The van der Waals surface area contributed by atoms with E-state index in [4.69, 9.17) is 26.4 Å². The van der Waals surface area contributed by atoms with E-state index >= 15 is 0 Å². The van der Waals surface area contributed by atoms with Crippen LogP contribution in [0, 0.1) is 0 Å². The number of nitrogens with one attached hydrogen (secondary N) is 3. The van der Waals surface area contributed by atoms with E-state index in [1.165, 1.54) is 0 Å². The fourth-order valence-electron chi connectivity index (χ4n) is 2.28. The molecule has 0 unspecified atom stereocenters. The van der Waals surface area contributed by atoms with Gasteiger partial charge in [-0.3, -0.25) is 25.8 Å². The molecule has 2 rings (SSSR count). The summed E-state index contributed by atoms with van der Waals surface area (Å²) in [5, 5.41) is 2.43. The Hall–Kier alpha value is -2.85. The fourth-order valence-corrected chi connectivity index (χ4v) is 2.91. The van der Waals surface area contributed by atoms with Crippen LogP contribution in [-0.2, 0) is 4.79 Å². The Labute approximate surface area is 194 Å². The van der Waals surface area contributed by atoms with Crippen molar-refractivity contribution in [1.82, 2.24) is 16.2 Å². The molecule has 0 fully saturated rings. The fraction of sp³-hybridized carbons (Fsp3) is 0.286. The van der Waals surface area contributed by atoms with Gasteiger partial charge in [-0.15, -0.1) is 0 Å². The minimum atomic E-state index is -0.469. The molecule has 2 amide bonds. The first-order valence-electron chi connectivity index (χ1n) is 9.52. The SMILES string of the molecule is CCCCOc1ccc(C(=O)NC(=S)NNC(=O)COc2ccc(OC)cc2)cc1Br. The smallest absolute Gasteiger partial charge is 0.276 e. The number of hydrogen-bond donors (Lipinski definition) is 3. The van der Waals surface area contributed by atoms with Gasteiger partial charge in [0.1, 0.15) is 17.2 Å². The normalized spacial score (nSPS) is 10.0. The van der Waals surface area contributed by atoms with Gasteiger partial charge in [-0.2, -0.15) is 0 Å². The maximum atomic E-state index is 12.3. The van der Waals surface area contributed by atoms with Crippen molar-refractivity contribution in [2.45, 2.75) is 19.8 Å². The first-order valence-corrected chi connectivity index (χ1v) is 10.7. The van der Waals surface area contributed by atoms with Crippen LogP contribution in [0.25, 0.3) is 0 Å². The predicted molar refractivity (Wildman–Crippen MR) is 124 cm³/mol. The molecule has 2 aromatic rings. The zero-order chi connectivity index (χ0) is 22.6. The molecule has 3 N–H and O–H groups in total. The number of carbonyl (C=O) groups is 2. The lowest BCUT2D eigenvalue weighted by Gasteiger charge is -2.12. The van der Waals surface area contributed by atoms with Crippen LogP contribution >= 0.6 is 28.1 Å². The van der Waals surface area contributed by atoms with E-state index in [1.807, 2.05) is 0 Å². The van der Waals surface area contributed by atoms with Crippen LogP contribution in [0.5, 0.6) is 17.2 Å². The summed E-state index contributed by atoms with van der Waals surface area (Å²) in [6.07, 6.45) is 1.98. The lowest BCUT2D eigenvalue weighted by molar-refractivity contribution is -0.123. The van der Waals surface area contributed by atoms with Gasteiger partial charge < -0.3 is 14.2 Å². The molecule has 0 aromatic heterocycles. The van der Waals surface area contributed by atoms with Gasteiger partial charge >= 0.3 is 0 Å². The Bertz CT molecular complexity index is 908. The topological polar surface area (TPSA) is 97.9 Å². The Kier molecular flexibility index (Phi) is 10.0. The van der Waals surface area contributed by atoms with Crippen molar-refractivity contribution in [3.63, 3.8) is 0 Å². The second kappa shape index (κ2) is 12.8. The maximum absolute atomic E-state index is 12.3. The number of amides is 2. The minimum absolute atomic E-state index is 0.0535. The van der Waals surface area contributed by atoms with Gasteiger partial charge in [-0.1, -0.05) is 13.3 Å². The van der Waals surface area contributed by atoms with Crippen molar-refractivity contribution >= 4 is 45.1 Å². The minimum Gasteiger partial charge on any atom is -0.497 e. The second-order valence-electron chi connectivity index (χ2n) is 6.27. The van der Waals surface area contributed by atoms with Crippen molar-refractivity contribution in [1.29, 1.82) is 0 Å². The number of rotatable bonds is 9. The van der Waals surface area contributed by atoms with Gasteiger partial charge in [0, 0.05) is 5.56 Å². The highest BCUT2D eigenvalue weighted by atomic mass is 79.9. The number of hydrazine groups is 1. The van der Waals surface area contributed by atoms with Crippen molar-refractivity contribution in [2.75, 3.05) is 20.3 Å². The largest absolute Gasteiger partial charge is 0.497 e. The van der Waals surface area contributed by atoms with E-state index in [0.717, 1.165) is 12.8 Å². The summed E-state index contributed by atoms with van der Waals surface area (Å²) < 4.78 is 16.7. The number of carbonyl (C=O) groups excluding carboxylic acids is 2. The van der Waals surface area contributed by atoms with Crippen LogP contribution in [-0.4, -0.2) is 37.3 Å². The molecule has 0 atom stereocenters. The first kappa shape index (κ1) is 24.4. The van der Waals surface area contributed by atoms with Gasteiger partial charge in [-0.25, -0.2) is 0 Å². The Morgan fingerprint density at radius 2 is 1.74 bits per heavy atom. The summed E-state index contributed by atoms with van der Waals surface area (Å²) in [5.41, 5.74) is 5.20. The van der Waals surface area contributed by atoms with Crippen molar-refractivity contribution in [2.24, 2.45) is 0 Å². The average Bonchev–Trinajstić information content (AvgIpc) is 2.77. The highest BCUT2D eigenvalue weighted by Crippen LogP contribution is 2.26. The number of ether oxygens (including phenoxy) is 3. The summed E-state index contributed by atoms with van der Waals surface area (Å²) in [4.78, 5) is 24.2. The molecule has 0 radical (unpaired) electrons. The molecule has 0 bridgehead atoms. The number of unbranched alkanes of at least 4 members (excludes halogenated alkanes) is 1. The Morgan fingerprint density at radius 3 is 2.39 bits per heavy atom. The lowest BCUT2D eigenvalue weighted by Crippen LogP contribution is -2.49. The molecule has 31 heavy (non-hydrogen) atoms. The summed E-state index contributed by atoms with van der Waals surface area (Å²) >= 11 is 8.43. The van der Waals surface area contributed by atoms with Gasteiger partial charge in [0.05, 0.1) is 18.2 Å². The molecule has 0 spiro atoms. The highest BCUT2D eigenvalue weighted by Gasteiger charge is 2.12. The van der Waals surface area contributed by atoms with Crippen LogP contribution in [0.1, 0.15) is 30.1 Å². The van der Waals surface area contributed by atoms with E-state index in [2.05, 4.69) is 39.0 Å². The van der Waals surface area contributed by atoms with Crippen molar-refractivity contribution in [3.05, 3.63) is 52.5 Å². The molecular formula is C21H24BrN3O5S. The van der Waals surface area contributed by atoms with Crippen LogP contribution in [0.3, 0.4) is 0 Å². The standard InChI is InChI=1S/C21H24BrN3O5S/c1-3-4-11-29-18-10-5-14(12-17(18)22)20(27)23-21(31)25-24-19(26)13-30-16-8-6-15(28-2)7-9-16/h5-10,12H,3-4,11,13H2,1-2H3,(H,24,26)(H2,23,25,27,31). The third kappa shape index (κ3) is 8.42. The number of methoxy groups -OCH3 is 1. The summed E-state index contributed by atoms with van der Waals surface area (Å²) in [6.45, 7) is 2.46. The van der Waals surface area contributed by atoms with Crippen molar-refractivity contribution < 1.29 is 23.8 Å². The number of thiocarbonyl (C=S) groups is 1. The van der Waals surface area contributed by atoms with Crippen LogP contribution in [0.15, 0.2) is 46.9 Å². The molecule has 0 saturated heterocycles. The maximum Gasteiger partial charge on any atom is 0.276 e. The van der Waals surface area contributed by atoms with Gasteiger partial charge in [-0.05, 0) is 77.0 Å². The average molecular weight is 510 g/mol. The number of halogens is 1.